The summed E-state index contributed by atoms with van der Waals surface area (Å²) in [4.78, 5) is 0. The van der Waals surface area contributed by atoms with Crippen molar-refractivity contribution in [2.24, 2.45) is 11.8 Å². The smallest absolute Gasteiger partial charge is 0.0856 e. The monoisotopic (exact) mass is 412 g/mol. The Balaban J connectivity index is 1.51. The summed E-state index contributed by atoms with van der Waals surface area (Å²) >= 11 is 0. The van der Waals surface area contributed by atoms with Gasteiger partial charge < -0.3 is 9.84 Å². The van der Waals surface area contributed by atoms with Crippen molar-refractivity contribution in [3.63, 3.8) is 0 Å². The van der Waals surface area contributed by atoms with Crippen LogP contribution in [0.4, 0.5) is 0 Å². The number of allylic oxidation sites excluding steroid dienone is 1. The minimum absolute atomic E-state index is 0.0600. The van der Waals surface area contributed by atoms with Gasteiger partial charge in [-0.1, -0.05) is 91.0 Å². The summed E-state index contributed by atoms with van der Waals surface area (Å²) in [5, 5.41) is 11.0. The standard InChI is InChI=1S/C29H32O2/c1-21-16-17-23(18-22(21)2)10-9-15-26-19-27(28(30)24-11-5-3-6-12-24)20-31-29(26)25-13-7-4-8-14-25/h3-14,16-18,26-30H,15,19-20H2,1-2H3/b10-9+/t26-,27+,28-,29+/m0/s1. The van der Waals surface area contributed by atoms with Gasteiger partial charge in [0.15, 0.2) is 0 Å². The normalized spacial score (nSPS) is 22.5. The van der Waals surface area contributed by atoms with Gasteiger partial charge in [-0.05, 0) is 60.4 Å². The average molecular weight is 413 g/mol. The molecule has 1 saturated heterocycles. The Morgan fingerprint density at radius 2 is 1.65 bits per heavy atom. The molecular weight excluding hydrogens is 380 g/mol. The molecule has 3 aromatic carbocycles. The van der Waals surface area contributed by atoms with E-state index in [9.17, 15) is 5.11 Å². The highest BCUT2D eigenvalue weighted by Crippen LogP contribution is 2.42. The predicted octanol–water partition coefficient (Wildman–Crippen LogP) is 6.83. The van der Waals surface area contributed by atoms with Crippen molar-refractivity contribution < 1.29 is 9.84 Å². The molecule has 0 unspecified atom stereocenters. The van der Waals surface area contributed by atoms with Crippen LogP contribution < -0.4 is 0 Å². The molecule has 3 aromatic rings. The number of benzene rings is 3. The molecule has 1 N–H and O–H groups in total. The first-order valence-electron chi connectivity index (χ1n) is 11.2. The minimum Gasteiger partial charge on any atom is -0.388 e. The number of aliphatic hydroxyl groups is 1. The molecule has 1 aliphatic rings. The Kier molecular flexibility index (Phi) is 7.01. The van der Waals surface area contributed by atoms with Crippen molar-refractivity contribution in [1.29, 1.82) is 0 Å². The average Bonchev–Trinajstić information content (AvgIpc) is 2.82. The van der Waals surface area contributed by atoms with Gasteiger partial charge >= 0.3 is 0 Å². The molecule has 0 aliphatic carbocycles. The summed E-state index contributed by atoms with van der Waals surface area (Å²) in [6.45, 7) is 4.88. The maximum absolute atomic E-state index is 11.0. The molecule has 0 amide bonds. The van der Waals surface area contributed by atoms with Crippen LogP contribution in [-0.4, -0.2) is 11.7 Å². The second kappa shape index (κ2) is 10.1. The quantitative estimate of drug-likeness (QED) is 0.480. The van der Waals surface area contributed by atoms with E-state index in [1.54, 1.807) is 0 Å². The zero-order valence-corrected chi connectivity index (χ0v) is 18.4. The summed E-state index contributed by atoms with van der Waals surface area (Å²) < 4.78 is 6.38. The molecule has 2 nitrogen and oxygen atoms in total. The number of hydrogen-bond donors (Lipinski definition) is 1. The van der Waals surface area contributed by atoms with Gasteiger partial charge in [0.1, 0.15) is 0 Å². The van der Waals surface area contributed by atoms with Crippen molar-refractivity contribution >= 4 is 6.08 Å². The summed E-state index contributed by atoms with van der Waals surface area (Å²) in [6.07, 6.45) is 5.91. The SMILES string of the molecule is Cc1ccc(/C=C/C[C@H]2C[C@@H]([C@@H](O)c3ccccc3)CO[C@@H]2c2ccccc2)cc1C. The third-order valence-electron chi connectivity index (χ3n) is 6.52. The van der Waals surface area contributed by atoms with Gasteiger partial charge in [0, 0.05) is 5.92 Å². The lowest BCUT2D eigenvalue weighted by Crippen LogP contribution is -2.32. The molecule has 0 spiro atoms. The number of hydrogen-bond acceptors (Lipinski definition) is 2. The van der Waals surface area contributed by atoms with Crippen LogP contribution in [0.3, 0.4) is 0 Å². The van der Waals surface area contributed by atoms with Crippen LogP contribution in [0.1, 0.15) is 52.9 Å². The van der Waals surface area contributed by atoms with Crippen LogP contribution in [0.2, 0.25) is 0 Å². The molecule has 4 rings (SSSR count). The molecule has 1 aliphatic heterocycles. The second-order valence-corrected chi connectivity index (χ2v) is 8.76. The van der Waals surface area contributed by atoms with E-state index in [0.717, 1.165) is 18.4 Å². The fourth-order valence-electron chi connectivity index (χ4n) is 4.56. The first-order valence-corrected chi connectivity index (χ1v) is 11.2. The van der Waals surface area contributed by atoms with Crippen molar-refractivity contribution in [3.05, 3.63) is 113 Å². The third-order valence-corrected chi connectivity index (χ3v) is 6.52. The molecule has 31 heavy (non-hydrogen) atoms. The molecular formula is C29H32O2. The Morgan fingerprint density at radius 1 is 0.935 bits per heavy atom. The highest BCUT2D eigenvalue weighted by Gasteiger charge is 2.35. The first kappa shape index (κ1) is 21.5. The summed E-state index contributed by atoms with van der Waals surface area (Å²) in [7, 11) is 0. The fourth-order valence-corrected chi connectivity index (χ4v) is 4.56. The summed E-state index contributed by atoms with van der Waals surface area (Å²) in [5.41, 5.74) is 6.06. The summed E-state index contributed by atoms with van der Waals surface area (Å²) in [6, 6.07) is 27.0. The van der Waals surface area contributed by atoms with Crippen molar-refractivity contribution in [2.45, 2.75) is 38.9 Å². The van der Waals surface area contributed by atoms with Gasteiger partial charge in [-0.15, -0.1) is 0 Å². The second-order valence-electron chi connectivity index (χ2n) is 8.76. The van der Waals surface area contributed by atoms with E-state index in [-0.39, 0.29) is 12.0 Å². The van der Waals surface area contributed by atoms with E-state index >= 15 is 0 Å². The molecule has 0 bridgehead atoms. The van der Waals surface area contributed by atoms with Crippen LogP contribution >= 0.6 is 0 Å². The maximum atomic E-state index is 11.0. The van der Waals surface area contributed by atoms with Crippen LogP contribution in [0.25, 0.3) is 6.08 Å². The Bertz CT molecular complexity index is 994. The number of rotatable bonds is 6. The van der Waals surface area contributed by atoms with Crippen molar-refractivity contribution in [2.75, 3.05) is 6.61 Å². The molecule has 1 fully saturated rings. The van der Waals surface area contributed by atoms with Gasteiger partial charge in [-0.25, -0.2) is 0 Å². The lowest BCUT2D eigenvalue weighted by atomic mass is 9.79. The van der Waals surface area contributed by atoms with E-state index < -0.39 is 6.10 Å². The maximum Gasteiger partial charge on any atom is 0.0856 e. The molecule has 1 heterocycles. The van der Waals surface area contributed by atoms with E-state index in [1.807, 2.05) is 36.4 Å². The Hall–Kier alpha value is -2.68. The van der Waals surface area contributed by atoms with Crippen molar-refractivity contribution in [3.8, 4) is 0 Å². The minimum atomic E-state index is -0.496. The highest BCUT2D eigenvalue weighted by molar-refractivity contribution is 5.51. The molecule has 4 atom stereocenters. The number of ether oxygens (including phenoxy) is 1. The van der Waals surface area contributed by atoms with Gasteiger partial charge in [-0.2, -0.15) is 0 Å². The van der Waals surface area contributed by atoms with Crippen LogP contribution in [0.15, 0.2) is 84.9 Å². The molecule has 0 aromatic heterocycles. The molecule has 0 saturated carbocycles. The fraction of sp³-hybridized carbons (Fsp3) is 0.310. The lowest BCUT2D eigenvalue weighted by Gasteiger charge is -2.38. The van der Waals surface area contributed by atoms with Crippen LogP contribution in [-0.2, 0) is 4.74 Å². The van der Waals surface area contributed by atoms with Crippen LogP contribution in [0, 0.1) is 25.7 Å². The number of aryl methyl sites for hydroxylation is 2. The van der Waals surface area contributed by atoms with Gasteiger partial charge in [-0.3, -0.25) is 0 Å². The first-order chi connectivity index (χ1) is 15.1. The largest absolute Gasteiger partial charge is 0.388 e. The lowest BCUT2D eigenvalue weighted by molar-refractivity contribution is -0.0900. The number of aliphatic hydroxyl groups excluding tert-OH is 1. The summed E-state index contributed by atoms with van der Waals surface area (Å²) in [5.74, 6) is 0.421. The van der Waals surface area contributed by atoms with Gasteiger partial charge in [0.25, 0.3) is 0 Å². The highest BCUT2D eigenvalue weighted by atomic mass is 16.5. The van der Waals surface area contributed by atoms with E-state index in [0.29, 0.717) is 12.5 Å². The Morgan fingerprint density at radius 3 is 2.35 bits per heavy atom. The van der Waals surface area contributed by atoms with E-state index in [2.05, 4.69) is 68.5 Å². The van der Waals surface area contributed by atoms with Gasteiger partial charge in [0.05, 0.1) is 18.8 Å². The predicted molar refractivity (Wildman–Crippen MR) is 128 cm³/mol. The topological polar surface area (TPSA) is 29.5 Å². The molecule has 0 radical (unpaired) electrons. The van der Waals surface area contributed by atoms with Crippen LogP contribution in [0.5, 0.6) is 0 Å². The zero-order chi connectivity index (χ0) is 21.6. The Labute approximate surface area is 186 Å². The zero-order valence-electron chi connectivity index (χ0n) is 18.4. The third kappa shape index (κ3) is 5.33. The molecule has 160 valence electrons. The van der Waals surface area contributed by atoms with E-state index in [4.69, 9.17) is 4.74 Å². The van der Waals surface area contributed by atoms with Gasteiger partial charge in [0.2, 0.25) is 0 Å². The van der Waals surface area contributed by atoms with E-state index in [1.165, 1.54) is 22.3 Å². The molecule has 2 heteroatoms. The van der Waals surface area contributed by atoms with Crippen molar-refractivity contribution in [1.82, 2.24) is 0 Å².